The van der Waals surface area contributed by atoms with Crippen molar-refractivity contribution in [3.8, 4) is 5.75 Å². The fourth-order valence-corrected chi connectivity index (χ4v) is 3.38. The van der Waals surface area contributed by atoms with Crippen molar-refractivity contribution in [2.45, 2.75) is 25.3 Å². The van der Waals surface area contributed by atoms with Gasteiger partial charge in [-0.1, -0.05) is 12.1 Å². The molecule has 1 aromatic carbocycles. The predicted octanol–water partition coefficient (Wildman–Crippen LogP) is 1.92. The first-order valence-electron chi connectivity index (χ1n) is 6.95. The van der Waals surface area contributed by atoms with Gasteiger partial charge in [-0.15, -0.1) is 0 Å². The molecular weight excluding hydrogens is 274 g/mol. The second-order valence-electron chi connectivity index (χ2n) is 5.68. The van der Waals surface area contributed by atoms with Crippen LogP contribution in [-0.2, 0) is 9.84 Å². The van der Waals surface area contributed by atoms with E-state index in [2.05, 4.69) is 24.0 Å². The van der Waals surface area contributed by atoms with Crippen molar-refractivity contribution in [3.05, 3.63) is 29.8 Å². The average molecular weight is 297 g/mol. The number of rotatable bonds is 5. The number of benzene rings is 1. The fraction of sp³-hybridized carbons (Fsp3) is 0.600. The molecule has 2 atom stereocenters. The van der Waals surface area contributed by atoms with Crippen LogP contribution >= 0.6 is 0 Å². The summed E-state index contributed by atoms with van der Waals surface area (Å²) in [5.41, 5.74) is 1.31. The third kappa shape index (κ3) is 3.96. The molecule has 0 aromatic heterocycles. The first-order valence-corrected chi connectivity index (χ1v) is 9.01. The Balaban J connectivity index is 1.98. The molecule has 0 N–H and O–H groups in total. The Kier molecular flexibility index (Phi) is 4.70. The Morgan fingerprint density at radius 3 is 2.50 bits per heavy atom. The molecule has 0 saturated carbocycles. The van der Waals surface area contributed by atoms with Crippen LogP contribution in [0, 0.1) is 0 Å². The molecule has 1 aliphatic rings. The zero-order valence-electron chi connectivity index (χ0n) is 12.4. The van der Waals surface area contributed by atoms with Crippen molar-refractivity contribution in [1.82, 2.24) is 4.90 Å². The van der Waals surface area contributed by atoms with Gasteiger partial charge in [-0.25, -0.2) is 8.42 Å². The first kappa shape index (κ1) is 15.3. The molecule has 0 radical (unpaired) electrons. The number of methoxy groups -OCH3 is 1. The molecule has 0 amide bonds. The van der Waals surface area contributed by atoms with Crippen molar-refractivity contribution in [3.63, 3.8) is 0 Å². The second kappa shape index (κ2) is 6.14. The minimum atomic E-state index is -2.88. The number of nitrogens with zero attached hydrogens (tertiary/aromatic N) is 1. The van der Waals surface area contributed by atoms with E-state index < -0.39 is 9.84 Å². The fourth-order valence-electron chi connectivity index (χ4n) is 2.81. The lowest BCUT2D eigenvalue weighted by atomic mass is 9.97. The van der Waals surface area contributed by atoms with E-state index in [-0.39, 0.29) is 5.75 Å². The lowest BCUT2D eigenvalue weighted by Crippen LogP contribution is -2.32. The number of likely N-dealkylation sites (tertiary alicyclic amines) is 1. The molecule has 112 valence electrons. The van der Waals surface area contributed by atoms with E-state index in [1.54, 1.807) is 7.11 Å². The van der Waals surface area contributed by atoms with Crippen LogP contribution in [-0.4, -0.2) is 51.6 Å². The van der Waals surface area contributed by atoms with E-state index in [4.69, 9.17) is 4.74 Å². The monoisotopic (exact) mass is 297 g/mol. The Labute approximate surface area is 121 Å². The van der Waals surface area contributed by atoms with Crippen LogP contribution in [0.25, 0.3) is 0 Å². The van der Waals surface area contributed by atoms with Crippen LogP contribution in [0.5, 0.6) is 5.75 Å². The van der Waals surface area contributed by atoms with E-state index in [9.17, 15) is 8.42 Å². The lowest BCUT2D eigenvalue weighted by molar-refractivity contribution is 0.283. The van der Waals surface area contributed by atoms with Gasteiger partial charge in [-0.3, -0.25) is 4.90 Å². The van der Waals surface area contributed by atoms with Crippen molar-refractivity contribution < 1.29 is 13.2 Å². The maximum absolute atomic E-state index is 11.3. The maximum atomic E-state index is 11.3. The van der Waals surface area contributed by atoms with Crippen LogP contribution in [0.1, 0.15) is 24.8 Å². The summed E-state index contributed by atoms with van der Waals surface area (Å²) >= 11 is 0. The third-order valence-electron chi connectivity index (χ3n) is 4.04. The zero-order chi connectivity index (χ0) is 14.8. The zero-order valence-corrected chi connectivity index (χ0v) is 13.2. The topological polar surface area (TPSA) is 46.6 Å². The summed E-state index contributed by atoms with van der Waals surface area (Å²) in [7, 11) is -1.22. The Morgan fingerprint density at radius 2 is 1.95 bits per heavy atom. The Morgan fingerprint density at radius 1 is 1.30 bits per heavy atom. The molecule has 20 heavy (non-hydrogen) atoms. The van der Waals surface area contributed by atoms with Crippen LogP contribution < -0.4 is 4.74 Å². The van der Waals surface area contributed by atoms with E-state index in [0.29, 0.717) is 18.5 Å². The van der Waals surface area contributed by atoms with Gasteiger partial charge in [-0.2, -0.15) is 0 Å². The number of ether oxygens (including phenoxy) is 1. The van der Waals surface area contributed by atoms with Crippen molar-refractivity contribution >= 4 is 9.84 Å². The number of hydrogen-bond donors (Lipinski definition) is 0. The van der Waals surface area contributed by atoms with Crippen LogP contribution in [0.4, 0.5) is 0 Å². The van der Waals surface area contributed by atoms with Gasteiger partial charge >= 0.3 is 0 Å². The van der Waals surface area contributed by atoms with Crippen LogP contribution in [0.15, 0.2) is 24.3 Å². The molecule has 5 heteroatoms. The summed E-state index contributed by atoms with van der Waals surface area (Å²) in [5.74, 6) is 1.59. The normalized spacial score (nSPS) is 23.9. The highest BCUT2D eigenvalue weighted by molar-refractivity contribution is 7.90. The molecule has 1 aliphatic heterocycles. The third-order valence-corrected chi connectivity index (χ3v) is 4.96. The van der Waals surface area contributed by atoms with E-state index in [1.807, 2.05) is 12.1 Å². The smallest absolute Gasteiger partial charge is 0.148 e. The predicted molar refractivity (Wildman–Crippen MR) is 81.1 cm³/mol. The average Bonchev–Trinajstić information content (AvgIpc) is 2.77. The maximum Gasteiger partial charge on any atom is 0.148 e. The molecular formula is C15H23NO3S. The number of hydrogen-bond acceptors (Lipinski definition) is 4. The quantitative estimate of drug-likeness (QED) is 0.833. The molecule has 0 bridgehead atoms. The summed E-state index contributed by atoms with van der Waals surface area (Å²) in [6, 6.07) is 8.62. The number of sulfone groups is 1. The summed E-state index contributed by atoms with van der Waals surface area (Å²) in [4.78, 5) is 2.27. The van der Waals surface area contributed by atoms with Gasteiger partial charge < -0.3 is 4.74 Å². The molecule has 2 rings (SSSR count). The highest BCUT2D eigenvalue weighted by Gasteiger charge is 2.30. The van der Waals surface area contributed by atoms with Crippen LogP contribution in [0.3, 0.4) is 0 Å². The molecule has 0 spiro atoms. The molecule has 1 saturated heterocycles. The van der Waals surface area contributed by atoms with E-state index in [0.717, 1.165) is 18.7 Å². The molecule has 4 nitrogen and oxygen atoms in total. The van der Waals surface area contributed by atoms with Gasteiger partial charge in [0.05, 0.1) is 12.9 Å². The van der Waals surface area contributed by atoms with Crippen LogP contribution in [0.2, 0.25) is 0 Å². The van der Waals surface area contributed by atoms with Gasteiger partial charge in [0, 0.05) is 25.4 Å². The summed E-state index contributed by atoms with van der Waals surface area (Å²) < 4.78 is 27.7. The molecule has 1 aromatic rings. The highest BCUT2D eigenvalue weighted by Crippen LogP contribution is 2.32. The second-order valence-corrected chi connectivity index (χ2v) is 7.94. The lowest BCUT2D eigenvalue weighted by Gasteiger charge is -2.20. The summed E-state index contributed by atoms with van der Waals surface area (Å²) in [6.07, 6.45) is 2.38. The molecule has 1 heterocycles. The van der Waals surface area contributed by atoms with Gasteiger partial charge in [-0.05, 0) is 37.0 Å². The van der Waals surface area contributed by atoms with Gasteiger partial charge in [0.25, 0.3) is 0 Å². The molecule has 0 aliphatic carbocycles. The van der Waals surface area contributed by atoms with Gasteiger partial charge in [0.15, 0.2) is 0 Å². The standard InChI is InChI=1S/C15H23NO3S/c1-12-10-14(11-16(12)8-9-20(3,17)18)13-4-6-15(19-2)7-5-13/h4-7,12,14H,8-11H2,1-3H3/t12-,14-/m0/s1. The van der Waals surface area contributed by atoms with Crippen molar-refractivity contribution in [2.24, 2.45) is 0 Å². The highest BCUT2D eigenvalue weighted by atomic mass is 32.2. The summed E-state index contributed by atoms with van der Waals surface area (Å²) in [5, 5.41) is 0. The largest absolute Gasteiger partial charge is 0.497 e. The minimum absolute atomic E-state index is 0.243. The SMILES string of the molecule is COc1ccc([C@H]2C[C@H](C)N(CCS(C)(=O)=O)C2)cc1. The van der Waals surface area contributed by atoms with Gasteiger partial charge in [0.1, 0.15) is 15.6 Å². The summed E-state index contributed by atoms with van der Waals surface area (Å²) in [6.45, 7) is 3.74. The molecule has 1 fully saturated rings. The van der Waals surface area contributed by atoms with Gasteiger partial charge in [0.2, 0.25) is 0 Å². The van der Waals surface area contributed by atoms with Crippen molar-refractivity contribution in [1.29, 1.82) is 0 Å². The Bertz CT molecular complexity index is 539. The van der Waals surface area contributed by atoms with Crippen molar-refractivity contribution in [2.75, 3.05) is 32.2 Å². The minimum Gasteiger partial charge on any atom is -0.497 e. The Hall–Kier alpha value is -1.07. The first-order chi connectivity index (χ1) is 9.39. The van der Waals surface area contributed by atoms with E-state index >= 15 is 0 Å². The van der Waals surface area contributed by atoms with E-state index in [1.165, 1.54) is 11.8 Å². The molecule has 0 unspecified atom stereocenters.